The summed E-state index contributed by atoms with van der Waals surface area (Å²) in [6.45, 7) is 1.80. The topological polar surface area (TPSA) is 17.1 Å². The summed E-state index contributed by atoms with van der Waals surface area (Å²) in [5.41, 5.74) is 1.02. The van der Waals surface area contributed by atoms with Crippen molar-refractivity contribution in [3.8, 4) is 0 Å². The molecule has 0 spiro atoms. The molecule has 1 unspecified atom stereocenters. The number of Topliss-reactive ketones (excluding diaryl/α,β-unsaturated/α-hetero) is 1. The molecule has 0 fully saturated rings. The van der Waals surface area contributed by atoms with Crippen molar-refractivity contribution in [1.29, 1.82) is 0 Å². The number of alkyl halides is 1. The molecule has 0 saturated carbocycles. The smallest absolute Gasteiger partial charge is 0.192 e. The Labute approximate surface area is 74.9 Å². The minimum Gasteiger partial charge on any atom is -0.291 e. The van der Waals surface area contributed by atoms with Crippen molar-refractivity contribution in [2.45, 2.75) is 18.7 Å². The Morgan fingerprint density at radius 1 is 1.70 bits per heavy atom. The van der Waals surface area contributed by atoms with Crippen molar-refractivity contribution in [2.75, 3.05) is 0 Å². The van der Waals surface area contributed by atoms with E-state index in [1.54, 1.807) is 6.92 Å². The first-order valence-corrected chi connectivity index (χ1v) is 4.02. The SMILES string of the molecule is CCC(Cl)C(=O)/C(Cl)=C/Cl. The van der Waals surface area contributed by atoms with E-state index in [2.05, 4.69) is 0 Å². The molecule has 0 aromatic carbocycles. The summed E-state index contributed by atoms with van der Waals surface area (Å²) in [6.07, 6.45) is 0.557. The minimum absolute atomic E-state index is 0.0106. The fourth-order valence-electron chi connectivity index (χ4n) is 0.389. The van der Waals surface area contributed by atoms with Crippen LogP contribution in [0, 0.1) is 0 Å². The van der Waals surface area contributed by atoms with E-state index in [0.717, 1.165) is 5.54 Å². The van der Waals surface area contributed by atoms with Crippen LogP contribution in [0.5, 0.6) is 0 Å². The van der Waals surface area contributed by atoms with Gasteiger partial charge in [-0.25, -0.2) is 0 Å². The Hall–Kier alpha value is 0.280. The van der Waals surface area contributed by atoms with Crippen LogP contribution in [0.25, 0.3) is 0 Å². The third-order valence-corrected chi connectivity index (χ3v) is 2.11. The second-order valence-corrected chi connectivity index (χ2v) is 2.85. The van der Waals surface area contributed by atoms with Gasteiger partial charge in [-0.1, -0.05) is 30.1 Å². The van der Waals surface area contributed by atoms with Gasteiger partial charge < -0.3 is 0 Å². The number of ketones is 1. The second kappa shape index (κ2) is 5.00. The average molecular weight is 201 g/mol. The van der Waals surface area contributed by atoms with Crippen molar-refractivity contribution in [3.05, 3.63) is 10.6 Å². The zero-order valence-corrected chi connectivity index (χ0v) is 7.67. The molecule has 0 heterocycles. The van der Waals surface area contributed by atoms with Crippen molar-refractivity contribution < 1.29 is 4.79 Å². The zero-order valence-electron chi connectivity index (χ0n) is 5.40. The summed E-state index contributed by atoms with van der Waals surface area (Å²) >= 11 is 16.1. The predicted molar refractivity (Wildman–Crippen MR) is 44.7 cm³/mol. The van der Waals surface area contributed by atoms with E-state index in [1.807, 2.05) is 0 Å². The van der Waals surface area contributed by atoms with E-state index in [1.165, 1.54) is 0 Å². The first-order valence-electron chi connectivity index (χ1n) is 2.77. The molecule has 0 saturated heterocycles. The molecule has 0 aromatic heterocycles. The Morgan fingerprint density at radius 2 is 2.20 bits per heavy atom. The highest BCUT2D eigenvalue weighted by molar-refractivity contribution is 6.51. The molecule has 0 aliphatic carbocycles. The molecule has 0 bridgehead atoms. The van der Waals surface area contributed by atoms with Gasteiger partial charge in [-0.05, 0) is 6.42 Å². The molecular formula is C6H7Cl3O. The van der Waals surface area contributed by atoms with Gasteiger partial charge in [-0.15, -0.1) is 11.6 Å². The van der Waals surface area contributed by atoms with Crippen LogP contribution in [0.3, 0.4) is 0 Å². The number of carbonyl (C=O) groups is 1. The summed E-state index contributed by atoms with van der Waals surface area (Å²) in [7, 11) is 0. The van der Waals surface area contributed by atoms with Crippen LogP contribution >= 0.6 is 34.8 Å². The largest absolute Gasteiger partial charge is 0.291 e. The first-order chi connectivity index (χ1) is 4.63. The van der Waals surface area contributed by atoms with Crippen molar-refractivity contribution in [2.24, 2.45) is 0 Å². The van der Waals surface area contributed by atoms with Gasteiger partial charge in [-0.2, -0.15) is 0 Å². The maximum Gasteiger partial charge on any atom is 0.192 e. The van der Waals surface area contributed by atoms with Gasteiger partial charge >= 0.3 is 0 Å². The number of allylic oxidation sites excluding steroid dienone is 1. The maximum absolute atomic E-state index is 10.9. The molecule has 0 radical (unpaired) electrons. The molecule has 0 aliphatic rings. The van der Waals surface area contributed by atoms with E-state index in [4.69, 9.17) is 34.8 Å². The first kappa shape index (κ1) is 10.3. The lowest BCUT2D eigenvalue weighted by Gasteiger charge is -2.01. The molecule has 0 rings (SSSR count). The third kappa shape index (κ3) is 2.91. The highest BCUT2D eigenvalue weighted by atomic mass is 35.5. The van der Waals surface area contributed by atoms with Crippen LogP contribution in [-0.2, 0) is 4.79 Å². The molecule has 10 heavy (non-hydrogen) atoms. The van der Waals surface area contributed by atoms with Gasteiger partial charge in [0.25, 0.3) is 0 Å². The van der Waals surface area contributed by atoms with E-state index in [0.29, 0.717) is 6.42 Å². The molecule has 0 aromatic rings. The summed E-state index contributed by atoms with van der Waals surface area (Å²) in [6, 6.07) is 0. The van der Waals surface area contributed by atoms with Gasteiger partial charge in [0.05, 0.1) is 10.4 Å². The third-order valence-electron chi connectivity index (χ3n) is 0.974. The van der Waals surface area contributed by atoms with Crippen LogP contribution in [0.15, 0.2) is 10.6 Å². The molecule has 1 nitrogen and oxygen atoms in total. The van der Waals surface area contributed by atoms with Crippen molar-refractivity contribution in [3.63, 3.8) is 0 Å². The summed E-state index contributed by atoms with van der Waals surface area (Å²) in [5.74, 6) is -0.319. The van der Waals surface area contributed by atoms with Gasteiger partial charge in [0.2, 0.25) is 0 Å². The highest BCUT2D eigenvalue weighted by Gasteiger charge is 2.15. The fraction of sp³-hybridized carbons (Fsp3) is 0.500. The molecule has 4 heteroatoms. The Balaban J connectivity index is 4.08. The number of rotatable bonds is 3. The molecule has 0 amide bonds. The van der Waals surface area contributed by atoms with Crippen LogP contribution < -0.4 is 0 Å². The normalized spacial score (nSPS) is 15.0. The number of hydrogen-bond acceptors (Lipinski definition) is 1. The summed E-state index contributed by atoms with van der Waals surface area (Å²) in [5, 5.41) is -0.564. The molecule has 0 N–H and O–H groups in total. The fourth-order valence-corrected chi connectivity index (χ4v) is 0.801. The van der Waals surface area contributed by atoms with E-state index in [-0.39, 0.29) is 10.8 Å². The zero-order chi connectivity index (χ0) is 8.15. The van der Waals surface area contributed by atoms with Gasteiger partial charge in [0.15, 0.2) is 5.78 Å². The molecular weight excluding hydrogens is 194 g/mol. The van der Waals surface area contributed by atoms with Gasteiger partial charge in [0.1, 0.15) is 0 Å². The molecule has 0 aliphatic heterocycles. The lowest BCUT2D eigenvalue weighted by Crippen LogP contribution is -2.12. The van der Waals surface area contributed by atoms with E-state index >= 15 is 0 Å². The van der Waals surface area contributed by atoms with Crippen LogP contribution in [0.4, 0.5) is 0 Å². The van der Waals surface area contributed by atoms with Crippen LogP contribution in [-0.4, -0.2) is 11.2 Å². The van der Waals surface area contributed by atoms with E-state index < -0.39 is 5.38 Å². The van der Waals surface area contributed by atoms with Crippen molar-refractivity contribution in [1.82, 2.24) is 0 Å². The van der Waals surface area contributed by atoms with Crippen molar-refractivity contribution >= 4 is 40.6 Å². The molecule has 1 atom stereocenters. The summed E-state index contributed by atoms with van der Waals surface area (Å²) in [4.78, 5) is 10.9. The predicted octanol–water partition coefficient (Wildman–Crippen LogP) is 2.89. The van der Waals surface area contributed by atoms with Gasteiger partial charge in [-0.3, -0.25) is 4.79 Å². The van der Waals surface area contributed by atoms with Crippen LogP contribution in [0.2, 0.25) is 0 Å². The monoisotopic (exact) mass is 200 g/mol. The van der Waals surface area contributed by atoms with Crippen LogP contribution in [0.1, 0.15) is 13.3 Å². The Bertz CT molecular complexity index is 153. The average Bonchev–Trinajstić information content (AvgIpc) is 2.00. The molecule has 58 valence electrons. The summed E-state index contributed by atoms with van der Waals surface area (Å²) < 4.78 is 0. The maximum atomic E-state index is 10.9. The number of hydrogen-bond donors (Lipinski definition) is 0. The van der Waals surface area contributed by atoms with E-state index in [9.17, 15) is 4.79 Å². The Morgan fingerprint density at radius 3 is 2.50 bits per heavy atom. The minimum atomic E-state index is -0.553. The number of halogens is 3. The number of carbonyl (C=O) groups excluding carboxylic acids is 1. The quantitative estimate of drug-likeness (QED) is 0.507. The highest BCUT2D eigenvalue weighted by Crippen LogP contribution is 2.13. The second-order valence-electron chi connectivity index (χ2n) is 1.70. The lowest BCUT2D eigenvalue weighted by molar-refractivity contribution is -0.114. The Kier molecular flexibility index (Phi) is 5.14. The standard InChI is InChI=1S/C6H7Cl3O/c1-2-4(8)6(10)5(9)3-7/h3-4H,2H2,1H3/b5-3-. The lowest BCUT2D eigenvalue weighted by atomic mass is 10.2. The van der Waals surface area contributed by atoms with Gasteiger partial charge in [0, 0.05) is 5.54 Å².